The van der Waals surface area contributed by atoms with Crippen LogP contribution in [-0.4, -0.2) is 26.3 Å². The monoisotopic (exact) mass is 263 g/mol. The van der Waals surface area contributed by atoms with E-state index in [4.69, 9.17) is 4.74 Å². The van der Waals surface area contributed by atoms with Crippen LogP contribution in [0.2, 0.25) is 0 Å². The third-order valence-corrected chi connectivity index (χ3v) is 3.66. The summed E-state index contributed by atoms with van der Waals surface area (Å²) in [5.74, 6) is 0. The fourth-order valence-corrected chi connectivity index (χ4v) is 2.60. The van der Waals surface area contributed by atoms with Gasteiger partial charge in [0.15, 0.2) is 0 Å². The minimum absolute atomic E-state index is 0.497. The molecule has 1 aromatic rings. The van der Waals surface area contributed by atoms with Gasteiger partial charge in [-0.3, -0.25) is 0 Å². The maximum absolute atomic E-state index is 5.59. The van der Waals surface area contributed by atoms with E-state index in [2.05, 4.69) is 45.1 Å². The number of hydrogen-bond donors (Lipinski definition) is 1. The van der Waals surface area contributed by atoms with E-state index in [1.54, 1.807) is 0 Å². The standard InChI is InChI=1S/C17H29NO/c1-6-8-19-9-7-16(18-5)12-17-14(3)10-13(2)11-15(17)4/h10-11,16,18H,6-9,12H2,1-5H3. The summed E-state index contributed by atoms with van der Waals surface area (Å²) in [5.41, 5.74) is 5.66. The molecule has 0 spiro atoms. The summed E-state index contributed by atoms with van der Waals surface area (Å²) >= 11 is 0. The summed E-state index contributed by atoms with van der Waals surface area (Å²) in [6, 6.07) is 5.06. The normalized spacial score (nSPS) is 12.7. The highest BCUT2D eigenvalue weighted by atomic mass is 16.5. The molecule has 0 saturated carbocycles. The molecule has 0 fully saturated rings. The Kier molecular flexibility index (Phi) is 7.11. The average molecular weight is 263 g/mol. The highest BCUT2D eigenvalue weighted by molar-refractivity contribution is 5.38. The smallest absolute Gasteiger partial charge is 0.0480 e. The van der Waals surface area contributed by atoms with Crippen LogP contribution in [-0.2, 0) is 11.2 Å². The Morgan fingerprint density at radius 3 is 2.26 bits per heavy atom. The minimum atomic E-state index is 0.497. The number of aryl methyl sites for hydroxylation is 3. The molecule has 0 aliphatic heterocycles. The lowest BCUT2D eigenvalue weighted by Gasteiger charge is -2.19. The zero-order valence-corrected chi connectivity index (χ0v) is 13.2. The fourth-order valence-electron chi connectivity index (χ4n) is 2.60. The van der Waals surface area contributed by atoms with Gasteiger partial charge >= 0.3 is 0 Å². The van der Waals surface area contributed by atoms with Crippen LogP contribution in [0.5, 0.6) is 0 Å². The molecule has 2 heteroatoms. The summed E-state index contributed by atoms with van der Waals surface area (Å²) in [5, 5.41) is 3.42. The number of ether oxygens (including phenoxy) is 1. The van der Waals surface area contributed by atoms with Crippen molar-refractivity contribution in [3.05, 3.63) is 34.4 Å². The Balaban J connectivity index is 2.60. The van der Waals surface area contributed by atoms with Crippen molar-refractivity contribution in [2.45, 2.75) is 53.0 Å². The lowest BCUT2D eigenvalue weighted by atomic mass is 9.93. The Morgan fingerprint density at radius 2 is 1.74 bits per heavy atom. The van der Waals surface area contributed by atoms with Gasteiger partial charge in [0.2, 0.25) is 0 Å². The van der Waals surface area contributed by atoms with Crippen molar-refractivity contribution in [2.24, 2.45) is 0 Å². The lowest BCUT2D eigenvalue weighted by Crippen LogP contribution is -2.29. The Hall–Kier alpha value is -0.860. The number of rotatable bonds is 8. The molecule has 0 aliphatic carbocycles. The van der Waals surface area contributed by atoms with Gasteiger partial charge in [-0.2, -0.15) is 0 Å². The number of hydrogen-bond acceptors (Lipinski definition) is 2. The van der Waals surface area contributed by atoms with E-state index in [1.807, 2.05) is 7.05 Å². The van der Waals surface area contributed by atoms with Gasteiger partial charge in [0.05, 0.1) is 0 Å². The molecule has 0 saturated heterocycles. The second-order valence-electron chi connectivity index (χ2n) is 5.47. The molecule has 0 aromatic heterocycles. The van der Waals surface area contributed by atoms with Crippen LogP contribution < -0.4 is 5.32 Å². The highest BCUT2D eigenvalue weighted by Gasteiger charge is 2.11. The molecule has 1 aromatic carbocycles. The first-order chi connectivity index (χ1) is 9.08. The van der Waals surface area contributed by atoms with Gasteiger partial charge in [0.1, 0.15) is 0 Å². The molecule has 2 nitrogen and oxygen atoms in total. The Bertz CT molecular complexity index is 364. The molecule has 0 radical (unpaired) electrons. The van der Waals surface area contributed by atoms with Crippen LogP contribution in [0.15, 0.2) is 12.1 Å². The summed E-state index contributed by atoms with van der Waals surface area (Å²) in [6.45, 7) is 10.5. The molecule has 19 heavy (non-hydrogen) atoms. The van der Waals surface area contributed by atoms with E-state index in [1.165, 1.54) is 22.3 Å². The van der Waals surface area contributed by atoms with Crippen molar-refractivity contribution in [1.29, 1.82) is 0 Å². The number of benzene rings is 1. The van der Waals surface area contributed by atoms with Crippen molar-refractivity contribution < 1.29 is 4.74 Å². The summed E-state index contributed by atoms with van der Waals surface area (Å²) in [6.07, 6.45) is 3.26. The van der Waals surface area contributed by atoms with Crippen LogP contribution in [0.1, 0.15) is 42.0 Å². The average Bonchev–Trinajstić information content (AvgIpc) is 2.36. The summed E-state index contributed by atoms with van der Waals surface area (Å²) < 4.78 is 5.59. The molecule has 0 aliphatic rings. The molecule has 1 atom stereocenters. The number of likely N-dealkylation sites (N-methyl/N-ethyl adjacent to an activating group) is 1. The van der Waals surface area contributed by atoms with E-state index >= 15 is 0 Å². The predicted molar refractivity (Wildman–Crippen MR) is 82.9 cm³/mol. The van der Waals surface area contributed by atoms with Gasteiger partial charge in [-0.25, -0.2) is 0 Å². The first-order valence-corrected chi connectivity index (χ1v) is 7.40. The van der Waals surface area contributed by atoms with Crippen LogP contribution in [0, 0.1) is 20.8 Å². The molecule has 1 rings (SSSR count). The van der Waals surface area contributed by atoms with E-state index < -0.39 is 0 Å². The van der Waals surface area contributed by atoms with Crippen LogP contribution >= 0.6 is 0 Å². The Morgan fingerprint density at radius 1 is 1.11 bits per heavy atom. The second-order valence-corrected chi connectivity index (χ2v) is 5.47. The van der Waals surface area contributed by atoms with Gasteiger partial charge < -0.3 is 10.1 Å². The first kappa shape index (κ1) is 16.2. The third-order valence-electron chi connectivity index (χ3n) is 3.66. The van der Waals surface area contributed by atoms with Gasteiger partial charge in [0, 0.05) is 19.3 Å². The van der Waals surface area contributed by atoms with Crippen molar-refractivity contribution in [1.82, 2.24) is 5.32 Å². The topological polar surface area (TPSA) is 21.3 Å². The number of nitrogens with one attached hydrogen (secondary N) is 1. The van der Waals surface area contributed by atoms with E-state index in [9.17, 15) is 0 Å². The first-order valence-electron chi connectivity index (χ1n) is 7.40. The zero-order valence-electron chi connectivity index (χ0n) is 13.2. The zero-order chi connectivity index (χ0) is 14.3. The van der Waals surface area contributed by atoms with Crippen LogP contribution in [0.4, 0.5) is 0 Å². The van der Waals surface area contributed by atoms with Gasteiger partial charge in [-0.15, -0.1) is 0 Å². The SMILES string of the molecule is CCCOCCC(Cc1c(C)cc(C)cc1C)NC. The van der Waals surface area contributed by atoms with E-state index in [0.29, 0.717) is 6.04 Å². The maximum Gasteiger partial charge on any atom is 0.0480 e. The molecular formula is C17H29NO. The van der Waals surface area contributed by atoms with Crippen molar-refractivity contribution >= 4 is 0 Å². The largest absolute Gasteiger partial charge is 0.381 e. The van der Waals surface area contributed by atoms with Gasteiger partial charge in [-0.1, -0.05) is 24.6 Å². The highest BCUT2D eigenvalue weighted by Crippen LogP contribution is 2.18. The lowest BCUT2D eigenvalue weighted by molar-refractivity contribution is 0.125. The quantitative estimate of drug-likeness (QED) is 0.724. The van der Waals surface area contributed by atoms with E-state index in [0.717, 1.165) is 32.5 Å². The minimum Gasteiger partial charge on any atom is -0.381 e. The molecule has 108 valence electrons. The van der Waals surface area contributed by atoms with Crippen LogP contribution in [0.25, 0.3) is 0 Å². The van der Waals surface area contributed by atoms with E-state index in [-0.39, 0.29) is 0 Å². The van der Waals surface area contributed by atoms with Gasteiger partial charge in [-0.05, 0) is 63.8 Å². The van der Waals surface area contributed by atoms with Gasteiger partial charge in [0.25, 0.3) is 0 Å². The van der Waals surface area contributed by atoms with Crippen molar-refractivity contribution in [2.75, 3.05) is 20.3 Å². The summed E-state index contributed by atoms with van der Waals surface area (Å²) in [4.78, 5) is 0. The second kappa shape index (κ2) is 8.34. The molecule has 0 amide bonds. The molecule has 0 heterocycles. The summed E-state index contributed by atoms with van der Waals surface area (Å²) in [7, 11) is 2.04. The fraction of sp³-hybridized carbons (Fsp3) is 0.647. The van der Waals surface area contributed by atoms with Crippen LogP contribution in [0.3, 0.4) is 0 Å². The van der Waals surface area contributed by atoms with Crippen molar-refractivity contribution in [3.63, 3.8) is 0 Å². The molecular weight excluding hydrogens is 234 g/mol. The Labute approximate surface area is 118 Å². The molecule has 1 N–H and O–H groups in total. The van der Waals surface area contributed by atoms with Crippen molar-refractivity contribution in [3.8, 4) is 0 Å². The molecule has 1 unspecified atom stereocenters. The predicted octanol–water partition coefficient (Wildman–Crippen LogP) is 3.56. The third kappa shape index (κ3) is 5.33. The molecule has 0 bridgehead atoms. The maximum atomic E-state index is 5.59.